The van der Waals surface area contributed by atoms with Crippen LogP contribution in [-0.2, 0) is 4.74 Å². The van der Waals surface area contributed by atoms with E-state index in [0.29, 0.717) is 0 Å². The monoisotopic (exact) mass is 297 g/mol. The van der Waals surface area contributed by atoms with E-state index in [1.165, 1.54) is 11.5 Å². The molecule has 0 saturated carbocycles. The van der Waals surface area contributed by atoms with E-state index in [1.807, 2.05) is 0 Å². The van der Waals surface area contributed by atoms with Crippen LogP contribution in [0.3, 0.4) is 0 Å². The topological polar surface area (TPSA) is 38.2 Å². The van der Waals surface area contributed by atoms with Crippen molar-refractivity contribution >= 4 is 40.1 Å². The van der Waals surface area contributed by atoms with Crippen molar-refractivity contribution in [1.29, 1.82) is 0 Å². The maximum atomic E-state index is 5.23. The zero-order valence-electron chi connectivity index (χ0n) is 6.36. The molecular formula is C6H8IN3OS. The molecule has 1 aromatic rings. The van der Waals surface area contributed by atoms with Gasteiger partial charge in [-0.2, -0.15) is 9.36 Å². The third kappa shape index (κ3) is 1.86. The maximum Gasteiger partial charge on any atom is 0.238 e. The molecule has 0 unspecified atom stereocenters. The van der Waals surface area contributed by atoms with Crippen molar-refractivity contribution in [2.45, 2.75) is 0 Å². The van der Waals surface area contributed by atoms with Crippen molar-refractivity contribution in [2.75, 3.05) is 31.2 Å². The second-order valence-electron chi connectivity index (χ2n) is 2.45. The molecule has 12 heavy (non-hydrogen) atoms. The van der Waals surface area contributed by atoms with E-state index in [-0.39, 0.29) is 0 Å². The van der Waals surface area contributed by atoms with Gasteiger partial charge in [-0.25, -0.2) is 0 Å². The van der Waals surface area contributed by atoms with Gasteiger partial charge in [0, 0.05) is 13.1 Å². The highest BCUT2D eigenvalue weighted by molar-refractivity contribution is 14.1. The highest BCUT2D eigenvalue weighted by Gasteiger charge is 2.14. The summed E-state index contributed by atoms with van der Waals surface area (Å²) in [5.74, 6) is 0.854. The van der Waals surface area contributed by atoms with Crippen molar-refractivity contribution in [3.8, 4) is 0 Å². The minimum atomic E-state index is 0.787. The number of hydrogen-bond donors (Lipinski definition) is 0. The zero-order valence-corrected chi connectivity index (χ0v) is 9.34. The molecule has 1 fully saturated rings. The average Bonchev–Trinajstić information content (AvgIpc) is 2.54. The quantitative estimate of drug-likeness (QED) is 0.724. The Morgan fingerprint density at radius 1 is 1.42 bits per heavy atom. The predicted octanol–water partition coefficient (Wildman–Crippen LogP) is 0.979. The molecule has 1 saturated heterocycles. The summed E-state index contributed by atoms with van der Waals surface area (Å²) >= 11 is 3.62. The van der Waals surface area contributed by atoms with Gasteiger partial charge in [-0.1, -0.05) is 0 Å². The first-order valence-corrected chi connectivity index (χ1v) is 5.53. The Labute approximate surface area is 88.2 Å². The molecule has 1 aromatic heterocycles. The SMILES string of the molecule is Ic1nc(N2CCOCC2)ns1. The van der Waals surface area contributed by atoms with Gasteiger partial charge >= 0.3 is 0 Å². The van der Waals surface area contributed by atoms with Gasteiger partial charge in [-0.05, 0) is 34.1 Å². The van der Waals surface area contributed by atoms with Crippen LogP contribution < -0.4 is 4.90 Å². The van der Waals surface area contributed by atoms with Crippen LogP contribution in [0.15, 0.2) is 0 Å². The molecule has 6 heteroatoms. The van der Waals surface area contributed by atoms with Crippen LogP contribution in [0.25, 0.3) is 0 Å². The summed E-state index contributed by atoms with van der Waals surface area (Å²) in [5, 5.41) is 0. The van der Waals surface area contributed by atoms with Crippen LogP contribution in [0.5, 0.6) is 0 Å². The molecule has 4 nitrogen and oxygen atoms in total. The van der Waals surface area contributed by atoms with Crippen molar-refractivity contribution in [3.63, 3.8) is 0 Å². The number of ether oxygens (including phenoxy) is 1. The van der Waals surface area contributed by atoms with Gasteiger partial charge in [-0.15, -0.1) is 0 Å². The Kier molecular flexibility index (Phi) is 2.76. The smallest absolute Gasteiger partial charge is 0.238 e. The number of nitrogens with zero attached hydrogens (tertiary/aromatic N) is 3. The second kappa shape index (κ2) is 3.84. The molecular weight excluding hydrogens is 289 g/mol. The summed E-state index contributed by atoms with van der Waals surface area (Å²) in [6.07, 6.45) is 0. The second-order valence-corrected chi connectivity index (χ2v) is 4.95. The summed E-state index contributed by atoms with van der Waals surface area (Å²) in [6, 6.07) is 0. The number of morpholine rings is 1. The molecule has 0 N–H and O–H groups in total. The van der Waals surface area contributed by atoms with E-state index in [2.05, 4.69) is 36.8 Å². The minimum absolute atomic E-state index is 0.787. The first-order valence-electron chi connectivity index (χ1n) is 3.68. The first kappa shape index (κ1) is 8.64. The third-order valence-electron chi connectivity index (χ3n) is 1.68. The van der Waals surface area contributed by atoms with Crippen LogP contribution in [0.2, 0.25) is 0 Å². The van der Waals surface area contributed by atoms with Crippen molar-refractivity contribution < 1.29 is 4.74 Å². The molecule has 2 heterocycles. The molecule has 1 aliphatic rings. The van der Waals surface area contributed by atoms with E-state index in [1.54, 1.807) is 0 Å². The summed E-state index contributed by atoms with van der Waals surface area (Å²) in [7, 11) is 0. The van der Waals surface area contributed by atoms with E-state index in [4.69, 9.17) is 4.74 Å². The molecule has 0 aliphatic carbocycles. The highest BCUT2D eigenvalue weighted by atomic mass is 127. The van der Waals surface area contributed by atoms with Crippen LogP contribution in [-0.4, -0.2) is 35.7 Å². The van der Waals surface area contributed by atoms with Crippen molar-refractivity contribution in [2.24, 2.45) is 0 Å². The Hall–Kier alpha value is 0.0500. The van der Waals surface area contributed by atoms with Gasteiger partial charge in [0.2, 0.25) is 5.95 Å². The summed E-state index contributed by atoms with van der Waals surface area (Å²) in [4.78, 5) is 6.45. The molecule has 0 atom stereocenters. The third-order valence-corrected chi connectivity index (χ3v) is 3.01. The fourth-order valence-corrected chi connectivity index (χ4v) is 2.04. The Morgan fingerprint density at radius 3 is 2.75 bits per heavy atom. The lowest BCUT2D eigenvalue weighted by Gasteiger charge is -2.25. The molecule has 0 bridgehead atoms. The fraction of sp³-hybridized carbons (Fsp3) is 0.667. The minimum Gasteiger partial charge on any atom is -0.378 e. The molecule has 1 aliphatic heterocycles. The number of hydrogen-bond acceptors (Lipinski definition) is 5. The molecule has 0 radical (unpaired) electrons. The standard InChI is InChI=1S/C6H8IN3OS/c7-5-8-6(9-12-5)10-1-3-11-4-2-10/h1-4H2. The summed E-state index contributed by atoms with van der Waals surface area (Å²) in [6.45, 7) is 3.39. The normalized spacial score (nSPS) is 18.2. The molecule has 66 valence electrons. The molecule has 0 amide bonds. The molecule has 0 spiro atoms. The fourth-order valence-electron chi connectivity index (χ4n) is 1.09. The van der Waals surface area contributed by atoms with Crippen molar-refractivity contribution in [1.82, 2.24) is 9.36 Å². The molecule has 0 aromatic carbocycles. The number of rotatable bonds is 1. The zero-order chi connectivity index (χ0) is 8.39. The average molecular weight is 297 g/mol. The number of aromatic nitrogens is 2. The number of halogens is 1. The van der Waals surface area contributed by atoms with Crippen molar-refractivity contribution in [3.05, 3.63) is 3.01 Å². The highest BCUT2D eigenvalue weighted by Crippen LogP contribution is 2.15. The van der Waals surface area contributed by atoms with E-state index in [0.717, 1.165) is 35.3 Å². The van der Waals surface area contributed by atoms with Gasteiger partial charge in [-0.3, -0.25) is 0 Å². The van der Waals surface area contributed by atoms with Crippen LogP contribution in [0.4, 0.5) is 5.95 Å². The van der Waals surface area contributed by atoms with Gasteiger partial charge < -0.3 is 9.64 Å². The van der Waals surface area contributed by atoms with Crippen LogP contribution in [0, 0.1) is 3.01 Å². The Bertz CT molecular complexity index is 261. The van der Waals surface area contributed by atoms with E-state index in [9.17, 15) is 0 Å². The van der Waals surface area contributed by atoms with E-state index >= 15 is 0 Å². The summed E-state index contributed by atoms with van der Waals surface area (Å²) in [5.41, 5.74) is 0. The molecule has 2 rings (SSSR count). The van der Waals surface area contributed by atoms with E-state index < -0.39 is 0 Å². The van der Waals surface area contributed by atoms with Gasteiger partial charge in [0.05, 0.1) is 13.2 Å². The van der Waals surface area contributed by atoms with Crippen LogP contribution in [0.1, 0.15) is 0 Å². The Morgan fingerprint density at radius 2 is 2.17 bits per heavy atom. The van der Waals surface area contributed by atoms with Gasteiger partial charge in [0.25, 0.3) is 0 Å². The summed E-state index contributed by atoms with van der Waals surface area (Å²) < 4.78 is 10.5. The maximum absolute atomic E-state index is 5.23. The number of anilines is 1. The Balaban J connectivity index is 2.08. The lowest BCUT2D eigenvalue weighted by Crippen LogP contribution is -2.36. The van der Waals surface area contributed by atoms with Gasteiger partial charge in [0.15, 0.2) is 3.01 Å². The van der Waals surface area contributed by atoms with Gasteiger partial charge in [0.1, 0.15) is 0 Å². The first-order chi connectivity index (χ1) is 5.86. The lowest BCUT2D eigenvalue weighted by atomic mass is 10.4. The van der Waals surface area contributed by atoms with Crippen LogP contribution >= 0.6 is 34.1 Å². The predicted molar refractivity (Wildman–Crippen MR) is 55.7 cm³/mol. The lowest BCUT2D eigenvalue weighted by molar-refractivity contribution is 0.122. The largest absolute Gasteiger partial charge is 0.378 e.